The molecule has 1 aliphatic heterocycles. The maximum Gasteiger partial charge on any atom is 0.410 e. The molecule has 1 aliphatic rings. The van der Waals surface area contributed by atoms with Gasteiger partial charge < -0.3 is 25.0 Å². The van der Waals surface area contributed by atoms with Crippen molar-refractivity contribution in [2.24, 2.45) is 0 Å². The summed E-state index contributed by atoms with van der Waals surface area (Å²) in [7, 11) is 1.44. The molecule has 1 heterocycles. The van der Waals surface area contributed by atoms with E-state index in [1.165, 1.54) is 18.9 Å². The molecule has 0 bridgehead atoms. The number of aryl methyl sites for hydroxylation is 1. The van der Waals surface area contributed by atoms with Gasteiger partial charge in [0.25, 0.3) is 5.91 Å². The van der Waals surface area contributed by atoms with E-state index >= 15 is 0 Å². The second-order valence-corrected chi connectivity index (χ2v) is 12.6. The minimum Gasteiger partial charge on any atom is -0.481 e. The van der Waals surface area contributed by atoms with Crippen molar-refractivity contribution < 1.29 is 33.8 Å². The van der Waals surface area contributed by atoms with Gasteiger partial charge >= 0.3 is 12.1 Å². The monoisotopic (exact) mass is 630 g/mol. The molecule has 0 aromatic heterocycles. The molecule has 0 unspecified atom stereocenters. The number of carboxylic acid groups (broad SMARTS) is 1. The zero-order chi connectivity index (χ0) is 33.8. The molecule has 2 N–H and O–H groups in total. The SMILES string of the molecule is Cc1ccc2ccccc2c1CN1C(=O)[C@@H](NC(=O)[C@H](C)N(C)C(=O)OC(C)(C)C)CN(C(=O)CCCC(=O)O)c2ccccc21. The molecular weight excluding hydrogens is 588 g/mol. The maximum absolute atomic E-state index is 14.5. The van der Waals surface area contributed by atoms with E-state index in [0.717, 1.165) is 26.8 Å². The largest absolute Gasteiger partial charge is 0.481 e. The van der Waals surface area contributed by atoms with Crippen LogP contribution >= 0.6 is 0 Å². The van der Waals surface area contributed by atoms with E-state index in [-0.39, 0.29) is 38.3 Å². The van der Waals surface area contributed by atoms with Gasteiger partial charge in [0.1, 0.15) is 17.7 Å². The zero-order valence-electron chi connectivity index (χ0n) is 27.2. The number of benzene rings is 3. The molecule has 0 saturated heterocycles. The van der Waals surface area contributed by atoms with Crippen molar-refractivity contribution in [1.82, 2.24) is 10.2 Å². The van der Waals surface area contributed by atoms with Crippen LogP contribution in [0.15, 0.2) is 60.7 Å². The van der Waals surface area contributed by atoms with Crippen molar-refractivity contribution >= 4 is 51.9 Å². The van der Waals surface area contributed by atoms with Crippen molar-refractivity contribution in [3.05, 3.63) is 71.8 Å². The molecule has 3 aromatic carbocycles. The fourth-order valence-corrected chi connectivity index (χ4v) is 5.39. The van der Waals surface area contributed by atoms with E-state index in [4.69, 9.17) is 9.84 Å². The van der Waals surface area contributed by atoms with Gasteiger partial charge in [0.2, 0.25) is 11.8 Å². The molecule has 11 nitrogen and oxygen atoms in total. The van der Waals surface area contributed by atoms with E-state index in [2.05, 4.69) is 5.32 Å². The molecule has 0 radical (unpaired) electrons. The van der Waals surface area contributed by atoms with Crippen molar-refractivity contribution in [2.75, 3.05) is 23.4 Å². The Kier molecular flexibility index (Phi) is 10.3. The number of anilines is 2. The summed E-state index contributed by atoms with van der Waals surface area (Å²) in [5, 5.41) is 13.9. The highest BCUT2D eigenvalue weighted by atomic mass is 16.6. The first-order valence-electron chi connectivity index (χ1n) is 15.3. The standard InChI is InChI=1S/C35H42N4O7/c1-22-18-19-24-12-7-8-13-25(24)26(22)20-39-29-15-10-9-14-28(29)38(30(40)16-11-17-31(41)42)21-27(33(39)44)36-32(43)23(2)37(6)34(45)46-35(3,4)5/h7-10,12-15,18-19,23,27H,11,16-17,20-21H2,1-6H3,(H,36,43)(H,41,42)/t23-,27-/m0/s1. The molecule has 4 rings (SSSR count). The molecule has 0 saturated carbocycles. The molecular formula is C35H42N4O7. The Morgan fingerprint density at radius 3 is 2.33 bits per heavy atom. The fraction of sp³-hybridized carbons (Fsp3) is 0.400. The number of nitrogens with zero attached hydrogens (tertiary/aromatic N) is 3. The van der Waals surface area contributed by atoms with Gasteiger partial charge in [-0.25, -0.2) is 4.79 Å². The Morgan fingerprint density at radius 1 is 1.00 bits per heavy atom. The minimum atomic E-state index is -1.17. The predicted octanol–water partition coefficient (Wildman–Crippen LogP) is 5.02. The number of ether oxygens (including phenoxy) is 1. The van der Waals surface area contributed by atoms with Crippen LogP contribution in [0.2, 0.25) is 0 Å². The van der Waals surface area contributed by atoms with Gasteiger partial charge in [-0.2, -0.15) is 0 Å². The number of aliphatic carboxylic acids is 1. The van der Waals surface area contributed by atoms with Gasteiger partial charge in [0.05, 0.1) is 24.5 Å². The van der Waals surface area contributed by atoms with Crippen LogP contribution in [0.4, 0.5) is 16.2 Å². The maximum atomic E-state index is 14.5. The third-order valence-electron chi connectivity index (χ3n) is 8.02. The number of carboxylic acids is 1. The Bertz CT molecular complexity index is 1650. The summed E-state index contributed by atoms with van der Waals surface area (Å²) < 4.78 is 5.41. The first kappa shape index (κ1) is 34.0. The lowest BCUT2D eigenvalue weighted by Crippen LogP contribution is -2.57. The number of fused-ring (bicyclic) bond motifs is 2. The summed E-state index contributed by atoms with van der Waals surface area (Å²) in [6, 6.07) is 16.8. The predicted molar refractivity (Wildman–Crippen MR) is 176 cm³/mol. The van der Waals surface area contributed by atoms with Gasteiger partial charge in [-0.15, -0.1) is 0 Å². The number of amides is 4. The van der Waals surface area contributed by atoms with Crippen molar-refractivity contribution in [3.8, 4) is 0 Å². The number of carbonyl (C=O) groups excluding carboxylic acids is 4. The normalized spacial score (nSPS) is 15.5. The molecule has 46 heavy (non-hydrogen) atoms. The highest BCUT2D eigenvalue weighted by molar-refractivity contribution is 6.08. The average molecular weight is 631 g/mol. The minimum absolute atomic E-state index is 0.0598. The molecule has 0 aliphatic carbocycles. The number of nitrogens with one attached hydrogen (secondary N) is 1. The lowest BCUT2D eigenvalue weighted by Gasteiger charge is -2.30. The summed E-state index contributed by atoms with van der Waals surface area (Å²) in [5.41, 5.74) is 2.09. The Balaban J connectivity index is 1.73. The number of likely N-dealkylation sites (N-methyl/N-ethyl adjacent to an activating group) is 1. The summed E-state index contributed by atoms with van der Waals surface area (Å²) in [6.45, 7) is 8.66. The molecule has 2 atom stereocenters. The van der Waals surface area contributed by atoms with Crippen LogP contribution in [0.1, 0.15) is 58.1 Å². The highest BCUT2D eigenvalue weighted by Gasteiger charge is 2.38. The Hall–Kier alpha value is -4.93. The van der Waals surface area contributed by atoms with Gasteiger partial charge in [-0.05, 0) is 75.1 Å². The first-order chi connectivity index (χ1) is 21.7. The molecule has 0 fully saturated rings. The van der Waals surface area contributed by atoms with Gasteiger partial charge in [0.15, 0.2) is 0 Å². The van der Waals surface area contributed by atoms with Crippen LogP contribution in [0, 0.1) is 6.92 Å². The molecule has 244 valence electrons. The van der Waals surface area contributed by atoms with Gasteiger partial charge in [-0.3, -0.25) is 24.1 Å². The topological polar surface area (TPSA) is 137 Å². The smallest absolute Gasteiger partial charge is 0.410 e. The summed E-state index contributed by atoms with van der Waals surface area (Å²) in [6.07, 6.45) is -0.816. The second kappa shape index (κ2) is 14.0. The zero-order valence-corrected chi connectivity index (χ0v) is 27.2. The van der Waals surface area contributed by atoms with E-state index < -0.39 is 41.6 Å². The van der Waals surface area contributed by atoms with E-state index in [9.17, 15) is 24.0 Å². The van der Waals surface area contributed by atoms with E-state index in [1.807, 2.05) is 43.3 Å². The van der Waals surface area contributed by atoms with Crippen molar-refractivity contribution in [2.45, 2.75) is 78.1 Å². The van der Waals surface area contributed by atoms with Crippen molar-refractivity contribution in [3.63, 3.8) is 0 Å². The van der Waals surface area contributed by atoms with Crippen LogP contribution in [0.5, 0.6) is 0 Å². The third kappa shape index (κ3) is 7.82. The molecule has 11 heteroatoms. The first-order valence-corrected chi connectivity index (χ1v) is 15.3. The number of rotatable bonds is 9. The van der Waals surface area contributed by atoms with Crippen LogP contribution in [-0.4, -0.2) is 71.1 Å². The van der Waals surface area contributed by atoms with E-state index in [1.54, 1.807) is 49.9 Å². The van der Waals surface area contributed by atoms with Crippen molar-refractivity contribution in [1.29, 1.82) is 0 Å². The summed E-state index contributed by atoms with van der Waals surface area (Å²) in [5.74, 6) is -2.41. The quantitative estimate of drug-likeness (QED) is 0.339. The van der Waals surface area contributed by atoms with Crippen LogP contribution < -0.4 is 15.1 Å². The summed E-state index contributed by atoms with van der Waals surface area (Å²) >= 11 is 0. The lowest BCUT2D eigenvalue weighted by atomic mass is 9.99. The average Bonchev–Trinajstić information content (AvgIpc) is 3.11. The Morgan fingerprint density at radius 2 is 1.65 bits per heavy atom. The highest BCUT2D eigenvalue weighted by Crippen LogP contribution is 2.36. The number of para-hydroxylation sites is 2. The van der Waals surface area contributed by atoms with Crippen LogP contribution in [-0.2, 0) is 30.5 Å². The van der Waals surface area contributed by atoms with Crippen LogP contribution in [0.25, 0.3) is 10.8 Å². The van der Waals surface area contributed by atoms with E-state index in [0.29, 0.717) is 11.4 Å². The van der Waals surface area contributed by atoms with Crippen LogP contribution in [0.3, 0.4) is 0 Å². The number of hydrogen-bond donors (Lipinski definition) is 2. The molecule has 0 spiro atoms. The van der Waals surface area contributed by atoms with Gasteiger partial charge in [0, 0.05) is 19.9 Å². The lowest BCUT2D eigenvalue weighted by molar-refractivity contribution is -0.137. The summed E-state index contributed by atoms with van der Waals surface area (Å²) in [4.78, 5) is 69.7. The number of carbonyl (C=O) groups is 5. The second-order valence-electron chi connectivity index (χ2n) is 12.6. The molecule has 4 amide bonds. The number of hydrogen-bond acceptors (Lipinski definition) is 6. The molecule has 3 aromatic rings. The Labute approximate surface area is 269 Å². The fourth-order valence-electron chi connectivity index (χ4n) is 5.39. The van der Waals surface area contributed by atoms with Gasteiger partial charge in [-0.1, -0.05) is 48.5 Å². The third-order valence-corrected chi connectivity index (χ3v) is 8.02.